The zero-order valence-electron chi connectivity index (χ0n) is 11.5. The summed E-state index contributed by atoms with van der Waals surface area (Å²) in [6.07, 6.45) is 9.48. The third-order valence-electron chi connectivity index (χ3n) is 4.52. The number of nitrogens with two attached hydrogens (primary N) is 1. The minimum Gasteiger partial charge on any atom is -0.342 e. The van der Waals surface area contributed by atoms with Gasteiger partial charge in [0.25, 0.3) is 0 Å². The maximum atomic E-state index is 12.0. The zero-order valence-corrected chi connectivity index (χ0v) is 12.3. The topological polar surface area (TPSA) is 46.3 Å². The summed E-state index contributed by atoms with van der Waals surface area (Å²) in [5, 5.41) is 0. The largest absolute Gasteiger partial charge is 0.342 e. The highest BCUT2D eigenvalue weighted by atomic mass is 35.5. The van der Waals surface area contributed by atoms with E-state index in [1.165, 1.54) is 38.5 Å². The standard InChI is InChI=1S/C14H26N2O.ClH/c1-12(15)5-6-13(17)16-10-9-14(11-16)7-3-2-4-8-14;/h12H,2-11,15H2,1H3;1H. The van der Waals surface area contributed by atoms with Gasteiger partial charge in [-0.2, -0.15) is 0 Å². The lowest BCUT2D eigenvalue weighted by Crippen LogP contribution is -2.33. The Balaban J connectivity index is 0.00000162. The van der Waals surface area contributed by atoms with Crippen LogP contribution in [0.2, 0.25) is 0 Å². The third kappa shape index (κ3) is 3.86. The highest BCUT2D eigenvalue weighted by Crippen LogP contribution is 2.43. The fourth-order valence-corrected chi connectivity index (χ4v) is 3.37. The lowest BCUT2D eigenvalue weighted by molar-refractivity contribution is -0.130. The molecule has 0 radical (unpaired) electrons. The van der Waals surface area contributed by atoms with E-state index in [0.717, 1.165) is 19.5 Å². The minimum atomic E-state index is 0. The number of likely N-dealkylation sites (tertiary alicyclic amines) is 1. The predicted octanol–water partition coefficient (Wildman–Crippen LogP) is 2.72. The van der Waals surface area contributed by atoms with E-state index in [-0.39, 0.29) is 18.4 Å². The Morgan fingerprint density at radius 1 is 1.28 bits per heavy atom. The van der Waals surface area contributed by atoms with E-state index in [9.17, 15) is 4.79 Å². The van der Waals surface area contributed by atoms with Gasteiger partial charge in [-0.15, -0.1) is 12.4 Å². The minimum absolute atomic E-state index is 0. The molecule has 1 spiro atoms. The SMILES string of the molecule is CC(N)CCC(=O)N1CCC2(CCCCC2)C1.Cl. The molecule has 1 aliphatic carbocycles. The van der Waals surface area contributed by atoms with Crippen molar-refractivity contribution in [2.75, 3.05) is 13.1 Å². The summed E-state index contributed by atoms with van der Waals surface area (Å²) in [7, 11) is 0. The molecule has 18 heavy (non-hydrogen) atoms. The molecule has 1 saturated carbocycles. The molecule has 1 amide bonds. The highest BCUT2D eigenvalue weighted by Gasteiger charge is 2.40. The number of hydrogen-bond acceptors (Lipinski definition) is 2. The molecular formula is C14H27ClN2O. The first-order valence-corrected chi connectivity index (χ1v) is 7.15. The summed E-state index contributed by atoms with van der Waals surface area (Å²) in [6, 6.07) is 0.144. The zero-order chi connectivity index (χ0) is 12.3. The fraction of sp³-hybridized carbons (Fsp3) is 0.929. The van der Waals surface area contributed by atoms with Crippen LogP contribution in [0.4, 0.5) is 0 Å². The van der Waals surface area contributed by atoms with Crippen molar-refractivity contribution in [2.24, 2.45) is 11.1 Å². The van der Waals surface area contributed by atoms with Gasteiger partial charge in [-0.3, -0.25) is 4.79 Å². The van der Waals surface area contributed by atoms with Crippen LogP contribution in [0.3, 0.4) is 0 Å². The molecular weight excluding hydrogens is 248 g/mol. The molecule has 1 unspecified atom stereocenters. The molecule has 2 aliphatic rings. The Kier molecular flexibility index (Phi) is 5.93. The Morgan fingerprint density at radius 3 is 2.56 bits per heavy atom. The average Bonchev–Trinajstić information content (AvgIpc) is 2.71. The second-order valence-corrected chi connectivity index (χ2v) is 6.14. The van der Waals surface area contributed by atoms with E-state index in [2.05, 4.69) is 4.90 Å². The summed E-state index contributed by atoms with van der Waals surface area (Å²) >= 11 is 0. The Labute approximate surface area is 117 Å². The lowest BCUT2D eigenvalue weighted by atomic mass is 9.73. The van der Waals surface area contributed by atoms with Crippen LogP contribution in [-0.2, 0) is 4.79 Å². The summed E-state index contributed by atoms with van der Waals surface area (Å²) in [5.74, 6) is 0.324. The van der Waals surface area contributed by atoms with Gasteiger partial charge in [0.2, 0.25) is 5.91 Å². The summed E-state index contributed by atoms with van der Waals surface area (Å²) in [6.45, 7) is 3.97. The second-order valence-electron chi connectivity index (χ2n) is 6.14. The van der Waals surface area contributed by atoms with Gasteiger partial charge in [-0.05, 0) is 38.0 Å². The van der Waals surface area contributed by atoms with E-state index < -0.39 is 0 Å². The van der Waals surface area contributed by atoms with Crippen molar-refractivity contribution < 1.29 is 4.79 Å². The number of halogens is 1. The molecule has 4 heteroatoms. The highest BCUT2D eigenvalue weighted by molar-refractivity contribution is 5.85. The van der Waals surface area contributed by atoms with Crippen molar-refractivity contribution in [1.29, 1.82) is 0 Å². The van der Waals surface area contributed by atoms with Crippen LogP contribution in [0.1, 0.15) is 58.3 Å². The number of carbonyl (C=O) groups excluding carboxylic acids is 1. The molecule has 106 valence electrons. The van der Waals surface area contributed by atoms with Crippen LogP contribution in [0.25, 0.3) is 0 Å². The maximum absolute atomic E-state index is 12.0. The van der Waals surface area contributed by atoms with E-state index in [4.69, 9.17) is 5.73 Å². The van der Waals surface area contributed by atoms with Crippen molar-refractivity contribution >= 4 is 18.3 Å². The Morgan fingerprint density at radius 2 is 1.94 bits per heavy atom. The van der Waals surface area contributed by atoms with E-state index in [1.54, 1.807) is 0 Å². The van der Waals surface area contributed by atoms with Crippen molar-refractivity contribution in [3.05, 3.63) is 0 Å². The second kappa shape index (κ2) is 6.76. The van der Waals surface area contributed by atoms with Crippen molar-refractivity contribution in [2.45, 2.75) is 64.3 Å². The van der Waals surface area contributed by atoms with Gasteiger partial charge in [0, 0.05) is 25.6 Å². The number of nitrogens with zero attached hydrogens (tertiary/aromatic N) is 1. The first-order valence-electron chi connectivity index (χ1n) is 7.15. The molecule has 1 atom stereocenters. The first kappa shape index (κ1) is 15.8. The van der Waals surface area contributed by atoms with Crippen molar-refractivity contribution in [3.63, 3.8) is 0 Å². The maximum Gasteiger partial charge on any atom is 0.222 e. The average molecular weight is 275 g/mol. The van der Waals surface area contributed by atoms with Gasteiger partial charge in [-0.25, -0.2) is 0 Å². The van der Waals surface area contributed by atoms with Gasteiger partial charge < -0.3 is 10.6 Å². The molecule has 0 aromatic heterocycles. The molecule has 1 aliphatic heterocycles. The van der Waals surface area contributed by atoms with Crippen LogP contribution in [0, 0.1) is 5.41 Å². The van der Waals surface area contributed by atoms with Gasteiger partial charge in [0.15, 0.2) is 0 Å². The third-order valence-corrected chi connectivity index (χ3v) is 4.52. The Bertz CT molecular complexity index is 275. The molecule has 1 saturated heterocycles. The molecule has 0 aromatic rings. The number of hydrogen-bond donors (Lipinski definition) is 1. The van der Waals surface area contributed by atoms with Gasteiger partial charge in [0.05, 0.1) is 0 Å². The molecule has 1 heterocycles. The number of carbonyl (C=O) groups is 1. The van der Waals surface area contributed by atoms with Crippen LogP contribution < -0.4 is 5.73 Å². The van der Waals surface area contributed by atoms with E-state index in [1.807, 2.05) is 6.92 Å². The van der Waals surface area contributed by atoms with Gasteiger partial charge >= 0.3 is 0 Å². The molecule has 3 nitrogen and oxygen atoms in total. The molecule has 2 rings (SSSR count). The number of amides is 1. The molecule has 2 fully saturated rings. The van der Waals surface area contributed by atoms with Crippen LogP contribution in [-0.4, -0.2) is 29.9 Å². The molecule has 0 bridgehead atoms. The first-order chi connectivity index (χ1) is 8.11. The van der Waals surface area contributed by atoms with Gasteiger partial charge in [0.1, 0.15) is 0 Å². The lowest BCUT2D eigenvalue weighted by Gasteiger charge is -2.33. The quantitative estimate of drug-likeness (QED) is 0.860. The molecule has 2 N–H and O–H groups in total. The van der Waals surface area contributed by atoms with Gasteiger partial charge in [-0.1, -0.05) is 19.3 Å². The van der Waals surface area contributed by atoms with Crippen molar-refractivity contribution in [1.82, 2.24) is 4.90 Å². The molecule has 0 aromatic carbocycles. The summed E-state index contributed by atoms with van der Waals surface area (Å²) in [5.41, 5.74) is 6.19. The number of rotatable bonds is 3. The monoisotopic (exact) mass is 274 g/mol. The van der Waals surface area contributed by atoms with E-state index >= 15 is 0 Å². The predicted molar refractivity (Wildman–Crippen MR) is 76.8 cm³/mol. The van der Waals surface area contributed by atoms with E-state index in [0.29, 0.717) is 17.7 Å². The van der Waals surface area contributed by atoms with Crippen molar-refractivity contribution in [3.8, 4) is 0 Å². The normalized spacial score (nSPS) is 23.8. The van der Waals surface area contributed by atoms with Crippen LogP contribution >= 0.6 is 12.4 Å². The smallest absolute Gasteiger partial charge is 0.222 e. The van der Waals surface area contributed by atoms with Crippen LogP contribution in [0.5, 0.6) is 0 Å². The Hall–Kier alpha value is -0.280. The van der Waals surface area contributed by atoms with Crippen LogP contribution in [0.15, 0.2) is 0 Å². The summed E-state index contributed by atoms with van der Waals surface area (Å²) in [4.78, 5) is 14.1. The summed E-state index contributed by atoms with van der Waals surface area (Å²) < 4.78 is 0. The fourth-order valence-electron chi connectivity index (χ4n) is 3.37.